The van der Waals surface area contributed by atoms with Crippen molar-refractivity contribution in [1.29, 1.82) is 0 Å². The maximum Gasteiger partial charge on any atom is 0.278 e. The first kappa shape index (κ1) is 17.4. The Hall–Kier alpha value is -1.98. The Morgan fingerprint density at radius 2 is 1.35 bits per heavy atom. The number of nitro benzene ring substituents is 1. The highest BCUT2D eigenvalue weighted by Gasteiger charge is 2.36. The number of nitrogens with zero attached hydrogens (tertiary/aromatic N) is 1. The fraction of sp³-hybridized carbons (Fsp3) is 0.143. The molecule has 3 nitrogen and oxygen atoms in total. The van der Waals surface area contributed by atoms with Crippen LogP contribution in [0.5, 0.6) is 0 Å². The lowest BCUT2D eigenvalue weighted by atomic mass is 9.81. The molecule has 0 bridgehead atoms. The second-order valence-corrected chi connectivity index (χ2v) is 8.83. The Balaban J connectivity index is 1.93. The minimum atomic E-state index is -0.329. The topological polar surface area (TPSA) is 43.1 Å². The molecule has 0 saturated heterocycles. The van der Waals surface area contributed by atoms with Gasteiger partial charge in [-0.25, -0.2) is 0 Å². The first-order valence-corrected chi connectivity index (χ1v) is 9.77. The van der Waals surface area contributed by atoms with Gasteiger partial charge in [-0.1, -0.05) is 63.9 Å². The van der Waals surface area contributed by atoms with Gasteiger partial charge in [-0.05, 0) is 58.1 Å². The fourth-order valence-electron chi connectivity index (χ4n) is 3.78. The molecule has 0 saturated carbocycles. The number of hydrogen-bond acceptors (Lipinski definition) is 2. The Morgan fingerprint density at radius 3 is 2.00 bits per heavy atom. The number of fused-ring (bicyclic) bond motifs is 3. The maximum atomic E-state index is 11.5. The summed E-state index contributed by atoms with van der Waals surface area (Å²) in [5, 5.41) is 11.5. The lowest BCUT2D eigenvalue weighted by Crippen LogP contribution is -2.15. The molecule has 0 aliphatic heterocycles. The van der Waals surface area contributed by atoms with Crippen molar-refractivity contribution in [2.24, 2.45) is 0 Å². The molecule has 5 heteroatoms. The molecular weight excluding hydrogens is 458 g/mol. The molecule has 4 rings (SSSR count). The van der Waals surface area contributed by atoms with Crippen molar-refractivity contribution < 1.29 is 4.92 Å². The van der Waals surface area contributed by atoms with Crippen LogP contribution in [0, 0.1) is 10.1 Å². The summed E-state index contributed by atoms with van der Waals surface area (Å²) in [6.45, 7) is 4.40. The van der Waals surface area contributed by atoms with Crippen molar-refractivity contribution in [2.75, 3.05) is 0 Å². The van der Waals surface area contributed by atoms with Crippen LogP contribution in [0.3, 0.4) is 0 Å². The van der Waals surface area contributed by atoms with Crippen molar-refractivity contribution in [1.82, 2.24) is 0 Å². The molecule has 0 atom stereocenters. The zero-order chi connectivity index (χ0) is 18.6. The van der Waals surface area contributed by atoms with Crippen LogP contribution < -0.4 is 0 Å². The van der Waals surface area contributed by atoms with Gasteiger partial charge < -0.3 is 0 Å². The van der Waals surface area contributed by atoms with Crippen LogP contribution >= 0.6 is 31.9 Å². The first-order valence-electron chi connectivity index (χ1n) is 8.18. The molecule has 0 unspecified atom stereocenters. The lowest BCUT2D eigenvalue weighted by Gasteiger charge is -2.22. The van der Waals surface area contributed by atoms with Crippen LogP contribution in [-0.2, 0) is 5.41 Å². The highest BCUT2D eigenvalue weighted by molar-refractivity contribution is 9.10. The summed E-state index contributed by atoms with van der Waals surface area (Å²) in [5.41, 5.74) is 6.33. The van der Waals surface area contributed by atoms with E-state index in [4.69, 9.17) is 0 Å². The molecule has 0 N–H and O–H groups in total. The molecule has 3 aromatic carbocycles. The van der Waals surface area contributed by atoms with Crippen LogP contribution in [-0.4, -0.2) is 4.92 Å². The van der Waals surface area contributed by atoms with Gasteiger partial charge in [0.05, 0.1) is 10.5 Å². The van der Waals surface area contributed by atoms with E-state index in [1.54, 1.807) is 12.1 Å². The fourth-order valence-corrected chi connectivity index (χ4v) is 4.49. The summed E-state index contributed by atoms with van der Waals surface area (Å²) in [5.74, 6) is 0. The Bertz CT molecular complexity index is 1070. The van der Waals surface area contributed by atoms with Crippen LogP contribution in [0.4, 0.5) is 5.69 Å². The zero-order valence-electron chi connectivity index (χ0n) is 14.2. The van der Waals surface area contributed by atoms with Crippen molar-refractivity contribution in [3.63, 3.8) is 0 Å². The van der Waals surface area contributed by atoms with Gasteiger partial charge in [-0.15, -0.1) is 0 Å². The zero-order valence-corrected chi connectivity index (χ0v) is 17.4. The molecule has 1 aliphatic carbocycles. The molecule has 0 amide bonds. The van der Waals surface area contributed by atoms with Gasteiger partial charge in [0, 0.05) is 20.4 Å². The van der Waals surface area contributed by atoms with E-state index in [1.165, 1.54) is 22.3 Å². The third-order valence-corrected chi connectivity index (χ3v) is 6.09. The number of rotatable bonds is 2. The third kappa shape index (κ3) is 2.61. The second-order valence-electron chi connectivity index (χ2n) is 6.99. The summed E-state index contributed by atoms with van der Waals surface area (Å²) in [6.07, 6.45) is 0. The summed E-state index contributed by atoms with van der Waals surface area (Å²) >= 11 is 6.89. The maximum absolute atomic E-state index is 11.5. The molecule has 0 aromatic heterocycles. The number of benzene rings is 3. The molecule has 3 aromatic rings. The summed E-state index contributed by atoms with van der Waals surface area (Å²) < 4.78 is 1.76. The SMILES string of the molecule is CC1(C)c2cc(Br)ccc2-c2ccc(-c3ccc(Br)cc3[N+](=O)[O-])cc21. The van der Waals surface area contributed by atoms with Crippen LogP contribution in [0.15, 0.2) is 63.5 Å². The first-order chi connectivity index (χ1) is 12.3. The van der Waals surface area contributed by atoms with E-state index in [1.807, 2.05) is 12.1 Å². The predicted molar refractivity (Wildman–Crippen MR) is 111 cm³/mol. The molecular formula is C21H15Br2NO2. The molecule has 26 heavy (non-hydrogen) atoms. The van der Waals surface area contributed by atoms with E-state index in [9.17, 15) is 10.1 Å². The molecule has 130 valence electrons. The Kier molecular flexibility index (Phi) is 4.04. The van der Waals surface area contributed by atoms with Gasteiger partial charge in [0.1, 0.15) is 0 Å². The van der Waals surface area contributed by atoms with Crippen LogP contribution in [0.2, 0.25) is 0 Å². The highest BCUT2D eigenvalue weighted by Crippen LogP contribution is 2.50. The van der Waals surface area contributed by atoms with Gasteiger partial charge in [0.2, 0.25) is 0 Å². The average molecular weight is 473 g/mol. The van der Waals surface area contributed by atoms with E-state index >= 15 is 0 Å². The standard InChI is InChI=1S/C21H15Br2NO2/c1-21(2)18-9-12(15-7-4-14(23)11-20(15)24(25)26)3-6-16(18)17-8-5-13(22)10-19(17)21/h3-11H,1-2H3. The molecule has 0 heterocycles. The van der Waals surface area contributed by atoms with E-state index in [0.717, 1.165) is 10.0 Å². The van der Waals surface area contributed by atoms with Gasteiger partial charge in [0.15, 0.2) is 0 Å². The van der Waals surface area contributed by atoms with Crippen molar-refractivity contribution in [2.45, 2.75) is 19.3 Å². The minimum Gasteiger partial charge on any atom is -0.258 e. The van der Waals surface area contributed by atoms with E-state index < -0.39 is 0 Å². The van der Waals surface area contributed by atoms with E-state index in [2.05, 4.69) is 76.0 Å². The van der Waals surface area contributed by atoms with Crippen molar-refractivity contribution in [3.05, 3.63) is 84.8 Å². The number of nitro groups is 1. The van der Waals surface area contributed by atoms with Gasteiger partial charge in [0.25, 0.3) is 5.69 Å². The normalized spacial score (nSPS) is 14.0. The predicted octanol–water partition coefficient (Wildman–Crippen LogP) is 7.09. The van der Waals surface area contributed by atoms with Gasteiger partial charge in [-0.2, -0.15) is 0 Å². The monoisotopic (exact) mass is 471 g/mol. The van der Waals surface area contributed by atoms with E-state index in [-0.39, 0.29) is 16.0 Å². The van der Waals surface area contributed by atoms with Crippen LogP contribution in [0.1, 0.15) is 25.0 Å². The Labute approximate surface area is 168 Å². The quantitative estimate of drug-likeness (QED) is 0.295. The number of hydrogen-bond donors (Lipinski definition) is 0. The summed E-state index contributed by atoms with van der Waals surface area (Å²) in [4.78, 5) is 11.2. The molecule has 0 fully saturated rings. The van der Waals surface area contributed by atoms with E-state index in [0.29, 0.717) is 10.0 Å². The van der Waals surface area contributed by atoms with Gasteiger partial charge in [-0.3, -0.25) is 10.1 Å². The minimum absolute atomic E-state index is 0.107. The molecule has 0 spiro atoms. The van der Waals surface area contributed by atoms with Gasteiger partial charge >= 0.3 is 0 Å². The van der Waals surface area contributed by atoms with Crippen LogP contribution in [0.25, 0.3) is 22.3 Å². The van der Waals surface area contributed by atoms with Crippen molar-refractivity contribution in [3.8, 4) is 22.3 Å². The lowest BCUT2D eigenvalue weighted by molar-refractivity contribution is -0.384. The third-order valence-electron chi connectivity index (χ3n) is 5.11. The molecule has 1 aliphatic rings. The average Bonchev–Trinajstić information content (AvgIpc) is 2.82. The molecule has 0 radical (unpaired) electrons. The smallest absolute Gasteiger partial charge is 0.258 e. The largest absolute Gasteiger partial charge is 0.278 e. The van der Waals surface area contributed by atoms with Crippen molar-refractivity contribution >= 4 is 37.5 Å². The summed E-state index contributed by atoms with van der Waals surface area (Å²) in [7, 11) is 0. The summed E-state index contributed by atoms with van der Waals surface area (Å²) in [6, 6.07) is 17.7. The second kappa shape index (κ2) is 6.03. The number of halogens is 2. The highest BCUT2D eigenvalue weighted by atomic mass is 79.9. The Morgan fingerprint density at radius 1 is 0.808 bits per heavy atom.